The molecule has 0 fully saturated rings. The highest BCUT2D eigenvalue weighted by Gasteiger charge is 2.37. The minimum atomic E-state index is -0.368. The summed E-state index contributed by atoms with van der Waals surface area (Å²) in [5.74, 6) is 2.34. The molecule has 4 nitrogen and oxygen atoms in total. The second-order valence-electron chi connectivity index (χ2n) is 13.7. The Hall–Kier alpha value is -6.83. The molecule has 0 N–H and O–H groups in total. The van der Waals surface area contributed by atoms with Crippen LogP contribution in [0.15, 0.2) is 164 Å². The third kappa shape index (κ3) is 5.32. The molecule has 1 aliphatic heterocycles. The van der Waals surface area contributed by atoms with Gasteiger partial charge in [0.15, 0.2) is 5.82 Å². The zero-order valence-electron chi connectivity index (χ0n) is 28.8. The Kier molecular flexibility index (Phi) is 7.49. The van der Waals surface area contributed by atoms with E-state index in [1.807, 2.05) is 54.6 Å². The molecule has 7 aromatic carbocycles. The van der Waals surface area contributed by atoms with Crippen molar-refractivity contribution < 1.29 is 4.74 Å². The Labute approximate surface area is 303 Å². The monoisotopic (exact) mass is 667 g/mol. The van der Waals surface area contributed by atoms with Gasteiger partial charge in [0.05, 0.1) is 22.8 Å². The zero-order valence-corrected chi connectivity index (χ0v) is 28.8. The molecular formula is C48H33N3O. The average molecular weight is 668 g/mol. The zero-order chi connectivity index (χ0) is 35.2. The van der Waals surface area contributed by atoms with E-state index in [9.17, 15) is 5.26 Å². The van der Waals surface area contributed by atoms with Gasteiger partial charge in [0.25, 0.3) is 0 Å². The second kappa shape index (κ2) is 12.5. The number of hydrogen-bond donors (Lipinski definition) is 0. The second-order valence-corrected chi connectivity index (χ2v) is 13.7. The molecule has 246 valence electrons. The summed E-state index contributed by atoms with van der Waals surface area (Å²) in [6.07, 6.45) is 0. The van der Waals surface area contributed by atoms with Crippen molar-refractivity contribution in [1.29, 1.82) is 5.26 Å². The van der Waals surface area contributed by atoms with Gasteiger partial charge in [-0.25, -0.2) is 9.97 Å². The smallest absolute Gasteiger partial charge is 0.160 e. The molecule has 0 amide bonds. The lowest BCUT2D eigenvalue weighted by atomic mass is 9.72. The van der Waals surface area contributed by atoms with Crippen LogP contribution in [0.25, 0.3) is 66.9 Å². The van der Waals surface area contributed by atoms with Crippen molar-refractivity contribution in [2.45, 2.75) is 19.3 Å². The van der Waals surface area contributed by atoms with Crippen LogP contribution < -0.4 is 4.74 Å². The maximum atomic E-state index is 10.3. The van der Waals surface area contributed by atoms with E-state index < -0.39 is 0 Å². The van der Waals surface area contributed by atoms with Crippen LogP contribution in [0.3, 0.4) is 0 Å². The van der Waals surface area contributed by atoms with Crippen LogP contribution in [-0.2, 0) is 5.41 Å². The summed E-state index contributed by atoms with van der Waals surface area (Å²) >= 11 is 0. The van der Waals surface area contributed by atoms with Crippen molar-refractivity contribution in [2.24, 2.45) is 0 Å². The van der Waals surface area contributed by atoms with E-state index in [4.69, 9.17) is 14.7 Å². The maximum absolute atomic E-state index is 10.3. The number of benzene rings is 7. The van der Waals surface area contributed by atoms with E-state index in [0.29, 0.717) is 11.4 Å². The molecule has 0 aliphatic carbocycles. The number of para-hydroxylation sites is 2. The molecular weight excluding hydrogens is 635 g/mol. The van der Waals surface area contributed by atoms with Gasteiger partial charge in [-0.2, -0.15) is 5.26 Å². The number of ether oxygens (including phenoxy) is 1. The Morgan fingerprint density at radius 1 is 0.519 bits per heavy atom. The van der Waals surface area contributed by atoms with E-state index in [-0.39, 0.29) is 5.41 Å². The first-order valence-corrected chi connectivity index (χ1v) is 17.5. The molecule has 9 rings (SSSR count). The first-order valence-electron chi connectivity index (χ1n) is 17.5. The number of nitriles is 1. The van der Waals surface area contributed by atoms with E-state index in [1.54, 1.807) is 0 Å². The first kappa shape index (κ1) is 31.2. The van der Waals surface area contributed by atoms with Crippen LogP contribution in [0.4, 0.5) is 0 Å². The predicted octanol–water partition coefficient (Wildman–Crippen LogP) is 12.3. The fraction of sp³-hybridized carbons (Fsp3) is 0.0625. The van der Waals surface area contributed by atoms with Gasteiger partial charge in [-0.1, -0.05) is 147 Å². The minimum absolute atomic E-state index is 0.368. The Morgan fingerprint density at radius 2 is 1.13 bits per heavy atom. The van der Waals surface area contributed by atoms with Crippen molar-refractivity contribution in [3.8, 4) is 73.6 Å². The average Bonchev–Trinajstić information content (AvgIpc) is 3.20. The number of hydrogen-bond acceptors (Lipinski definition) is 4. The molecule has 4 heteroatoms. The summed E-state index contributed by atoms with van der Waals surface area (Å²) in [7, 11) is 0. The summed E-state index contributed by atoms with van der Waals surface area (Å²) in [5, 5.41) is 11.3. The van der Waals surface area contributed by atoms with E-state index in [0.717, 1.165) is 78.2 Å². The van der Waals surface area contributed by atoms with Crippen molar-refractivity contribution >= 4 is 10.9 Å². The molecule has 2 heterocycles. The highest BCUT2D eigenvalue weighted by Crippen LogP contribution is 2.52. The highest BCUT2D eigenvalue weighted by atomic mass is 16.5. The largest absolute Gasteiger partial charge is 0.457 e. The van der Waals surface area contributed by atoms with E-state index >= 15 is 0 Å². The molecule has 0 spiro atoms. The Balaban J connectivity index is 1.09. The van der Waals surface area contributed by atoms with Crippen LogP contribution >= 0.6 is 0 Å². The molecule has 0 unspecified atom stereocenters. The summed E-state index contributed by atoms with van der Waals surface area (Å²) in [6, 6.07) is 58.5. The van der Waals surface area contributed by atoms with Crippen LogP contribution in [0, 0.1) is 11.3 Å². The molecule has 1 aliphatic rings. The topological polar surface area (TPSA) is 58.8 Å². The van der Waals surface area contributed by atoms with Gasteiger partial charge in [0, 0.05) is 38.6 Å². The van der Waals surface area contributed by atoms with Gasteiger partial charge >= 0.3 is 0 Å². The third-order valence-corrected chi connectivity index (χ3v) is 10.2. The summed E-state index contributed by atoms with van der Waals surface area (Å²) in [5.41, 5.74) is 12.5. The molecule has 0 bridgehead atoms. The number of fused-ring (bicyclic) bond motifs is 3. The highest BCUT2D eigenvalue weighted by molar-refractivity contribution is 5.94. The Bertz CT molecular complexity index is 2670. The van der Waals surface area contributed by atoms with Crippen molar-refractivity contribution in [2.75, 3.05) is 0 Å². The molecule has 8 aromatic rings. The van der Waals surface area contributed by atoms with Crippen molar-refractivity contribution in [3.63, 3.8) is 0 Å². The van der Waals surface area contributed by atoms with Gasteiger partial charge in [0.2, 0.25) is 0 Å². The fourth-order valence-electron chi connectivity index (χ4n) is 7.55. The van der Waals surface area contributed by atoms with Crippen molar-refractivity contribution in [3.05, 3.63) is 180 Å². The number of rotatable bonds is 5. The molecule has 1 aromatic heterocycles. The standard InChI is InChI=1S/C48H33N3O/c1-48(2)40-16-7-9-18-42(40)52-43-28-27-38(30-49)44(45(43)48)37-14-10-13-36(29-37)33-19-23-34(24-20-33)46-39-15-6-8-17-41(39)50-47(51-46)35-25-21-32(22-26-35)31-11-4-3-5-12-31/h3-29H,1-2H3. The Morgan fingerprint density at radius 3 is 1.92 bits per heavy atom. The minimum Gasteiger partial charge on any atom is -0.457 e. The molecule has 0 radical (unpaired) electrons. The van der Waals surface area contributed by atoms with Gasteiger partial charge < -0.3 is 4.74 Å². The lowest BCUT2D eigenvalue weighted by molar-refractivity contribution is 0.419. The van der Waals surface area contributed by atoms with Gasteiger partial charge in [-0.3, -0.25) is 0 Å². The van der Waals surface area contributed by atoms with Gasteiger partial charge in [0.1, 0.15) is 11.5 Å². The molecule has 0 saturated heterocycles. The SMILES string of the molecule is CC1(C)c2ccccc2Oc2ccc(C#N)c(-c3cccc(-c4ccc(-c5nc(-c6ccc(-c7ccccc7)cc6)nc6ccccc56)cc4)c3)c21. The summed E-state index contributed by atoms with van der Waals surface area (Å²) in [4.78, 5) is 10.1. The summed E-state index contributed by atoms with van der Waals surface area (Å²) < 4.78 is 6.42. The van der Waals surface area contributed by atoms with E-state index in [1.165, 1.54) is 5.56 Å². The molecule has 0 saturated carbocycles. The maximum Gasteiger partial charge on any atom is 0.160 e. The number of nitrogens with zero attached hydrogens (tertiary/aromatic N) is 3. The molecule has 0 atom stereocenters. The normalized spacial score (nSPS) is 12.7. The van der Waals surface area contributed by atoms with Gasteiger partial charge in [-0.05, 0) is 58.1 Å². The fourth-order valence-corrected chi connectivity index (χ4v) is 7.55. The van der Waals surface area contributed by atoms with Crippen LogP contribution in [-0.4, -0.2) is 9.97 Å². The summed E-state index contributed by atoms with van der Waals surface area (Å²) in [6.45, 7) is 4.42. The lowest BCUT2D eigenvalue weighted by Crippen LogP contribution is -2.25. The van der Waals surface area contributed by atoms with Crippen LogP contribution in [0.1, 0.15) is 30.5 Å². The predicted molar refractivity (Wildman–Crippen MR) is 210 cm³/mol. The first-order chi connectivity index (χ1) is 25.5. The van der Waals surface area contributed by atoms with E-state index in [2.05, 4.69) is 129 Å². The van der Waals surface area contributed by atoms with Crippen LogP contribution in [0.5, 0.6) is 11.5 Å². The van der Waals surface area contributed by atoms with Crippen molar-refractivity contribution in [1.82, 2.24) is 9.97 Å². The molecule has 52 heavy (non-hydrogen) atoms. The van der Waals surface area contributed by atoms with Crippen LogP contribution in [0.2, 0.25) is 0 Å². The lowest BCUT2D eigenvalue weighted by Gasteiger charge is -2.36. The third-order valence-electron chi connectivity index (χ3n) is 10.2. The quantitative estimate of drug-likeness (QED) is 0.183. The van der Waals surface area contributed by atoms with Gasteiger partial charge in [-0.15, -0.1) is 0 Å². The number of aromatic nitrogens is 2.